The maximum atomic E-state index is 11.9. The third kappa shape index (κ3) is 7.95. The van der Waals surface area contributed by atoms with E-state index in [4.69, 9.17) is 4.74 Å². The number of anilines is 1. The molecule has 1 aromatic heterocycles. The summed E-state index contributed by atoms with van der Waals surface area (Å²) in [5, 5.41) is 17.9. The number of rotatable bonds is 7. The first-order valence-electron chi connectivity index (χ1n) is 10.9. The summed E-state index contributed by atoms with van der Waals surface area (Å²) < 4.78 is 7.44. The van der Waals surface area contributed by atoms with Crippen molar-refractivity contribution in [2.75, 3.05) is 18.4 Å². The van der Waals surface area contributed by atoms with E-state index >= 15 is 0 Å². The fourth-order valence-corrected chi connectivity index (χ4v) is 3.32. The van der Waals surface area contributed by atoms with Gasteiger partial charge in [-0.3, -0.25) is 5.32 Å². The molecule has 0 bridgehead atoms. The van der Waals surface area contributed by atoms with Crippen LogP contribution in [-0.2, 0) is 30.7 Å². The average Bonchev–Trinajstić information content (AvgIpc) is 3.30. The van der Waals surface area contributed by atoms with E-state index in [0.29, 0.717) is 12.2 Å². The van der Waals surface area contributed by atoms with Gasteiger partial charge in [-0.2, -0.15) is 0 Å². The van der Waals surface area contributed by atoms with Crippen LogP contribution < -0.4 is 16.0 Å². The van der Waals surface area contributed by atoms with Crippen LogP contribution >= 0.6 is 24.0 Å². The number of hydrogen-bond donors (Lipinski definition) is 3. The highest BCUT2D eigenvalue weighted by Crippen LogP contribution is 2.15. The van der Waals surface area contributed by atoms with Gasteiger partial charge >= 0.3 is 6.09 Å². The number of aromatic nitrogens is 3. The number of amides is 1. The summed E-state index contributed by atoms with van der Waals surface area (Å²) in [6.07, 6.45) is 2.51. The molecule has 1 aromatic carbocycles. The predicted molar refractivity (Wildman–Crippen MR) is 137 cm³/mol. The van der Waals surface area contributed by atoms with Gasteiger partial charge in [0.05, 0.1) is 0 Å². The topological polar surface area (TPSA) is 105 Å². The van der Waals surface area contributed by atoms with Crippen molar-refractivity contribution < 1.29 is 9.53 Å². The summed E-state index contributed by atoms with van der Waals surface area (Å²) in [6.45, 7) is 10.6. The lowest BCUT2D eigenvalue weighted by Crippen LogP contribution is -2.38. The van der Waals surface area contributed by atoms with Crippen molar-refractivity contribution >= 4 is 41.7 Å². The minimum absolute atomic E-state index is 0. The zero-order valence-electron chi connectivity index (χ0n) is 19.3. The highest BCUT2D eigenvalue weighted by molar-refractivity contribution is 14.0. The van der Waals surface area contributed by atoms with Crippen LogP contribution in [0.3, 0.4) is 0 Å². The Hall–Kier alpha value is -2.37. The van der Waals surface area contributed by atoms with E-state index in [0.717, 1.165) is 62.1 Å². The number of carbonyl (C=O) groups is 1. The molecular formula is C22H34IN7O2. The molecule has 0 unspecified atom stereocenters. The number of aliphatic imine (C=N–C) groups is 1. The number of fused-ring (bicyclic) bond motifs is 1. The molecule has 1 aliphatic rings. The average molecular weight is 555 g/mol. The summed E-state index contributed by atoms with van der Waals surface area (Å²) >= 11 is 0. The highest BCUT2D eigenvalue weighted by atomic mass is 127. The largest absolute Gasteiger partial charge is 0.444 e. The van der Waals surface area contributed by atoms with Crippen molar-refractivity contribution in [1.82, 2.24) is 25.4 Å². The summed E-state index contributed by atoms with van der Waals surface area (Å²) in [5.74, 6) is 2.74. The van der Waals surface area contributed by atoms with Gasteiger partial charge in [0.15, 0.2) is 11.8 Å². The fraction of sp³-hybridized carbons (Fsp3) is 0.545. The Morgan fingerprint density at radius 1 is 1.19 bits per heavy atom. The molecule has 0 atom stereocenters. The van der Waals surface area contributed by atoms with Gasteiger partial charge in [0.2, 0.25) is 0 Å². The predicted octanol–water partition coefficient (Wildman–Crippen LogP) is 3.49. The number of ether oxygens (including phenoxy) is 1. The number of nitrogens with one attached hydrogen (secondary N) is 3. The van der Waals surface area contributed by atoms with Crippen molar-refractivity contribution in [2.45, 2.75) is 65.6 Å². The Labute approximate surface area is 206 Å². The van der Waals surface area contributed by atoms with E-state index in [1.165, 1.54) is 0 Å². The Morgan fingerprint density at radius 2 is 1.94 bits per heavy atom. The Balaban J connectivity index is 0.00000363. The molecule has 9 nitrogen and oxygen atoms in total. The molecule has 0 saturated heterocycles. The Morgan fingerprint density at radius 3 is 2.62 bits per heavy atom. The van der Waals surface area contributed by atoms with Crippen LogP contribution in [0.1, 0.15) is 51.3 Å². The summed E-state index contributed by atoms with van der Waals surface area (Å²) in [4.78, 5) is 16.5. The smallest absolute Gasteiger partial charge is 0.412 e. The van der Waals surface area contributed by atoms with Crippen LogP contribution in [0.5, 0.6) is 0 Å². The number of aryl methyl sites for hydroxylation is 1. The van der Waals surface area contributed by atoms with Crippen LogP contribution in [0.25, 0.3) is 0 Å². The van der Waals surface area contributed by atoms with E-state index in [9.17, 15) is 4.79 Å². The number of nitrogens with zero attached hydrogens (tertiary/aromatic N) is 4. The van der Waals surface area contributed by atoms with Crippen LogP contribution in [0.4, 0.5) is 10.5 Å². The molecule has 10 heteroatoms. The number of halogens is 1. The van der Waals surface area contributed by atoms with Gasteiger partial charge in [-0.15, -0.1) is 34.2 Å². The minimum atomic E-state index is -0.518. The maximum absolute atomic E-state index is 11.9. The van der Waals surface area contributed by atoms with Gasteiger partial charge in [-0.05, 0) is 58.2 Å². The van der Waals surface area contributed by atoms with Crippen molar-refractivity contribution in [3.63, 3.8) is 0 Å². The molecule has 3 N–H and O–H groups in total. The molecule has 2 heterocycles. The van der Waals surface area contributed by atoms with E-state index in [1.54, 1.807) is 0 Å². The molecule has 3 rings (SSSR count). The molecule has 0 saturated carbocycles. The summed E-state index contributed by atoms with van der Waals surface area (Å²) in [6, 6.07) is 7.75. The van der Waals surface area contributed by atoms with Crippen LogP contribution in [0, 0.1) is 0 Å². The van der Waals surface area contributed by atoms with E-state index in [2.05, 4.69) is 35.7 Å². The molecule has 1 amide bonds. The lowest BCUT2D eigenvalue weighted by Gasteiger charge is -2.19. The summed E-state index contributed by atoms with van der Waals surface area (Å²) in [5.41, 5.74) is 1.35. The second-order valence-electron chi connectivity index (χ2n) is 8.48. The van der Waals surface area contributed by atoms with E-state index in [-0.39, 0.29) is 24.0 Å². The fourth-order valence-electron chi connectivity index (χ4n) is 3.32. The number of hydrogen-bond acceptors (Lipinski definition) is 5. The van der Waals surface area contributed by atoms with Crippen molar-refractivity contribution in [2.24, 2.45) is 4.99 Å². The third-order valence-corrected chi connectivity index (χ3v) is 4.71. The number of guanidine groups is 1. The van der Waals surface area contributed by atoms with Gasteiger partial charge in [-0.1, -0.05) is 12.1 Å². The maximum Gasteiger partial charge on any atom is 0.412 e. The van der Waals surface area contributed by atoms with E-state index < -0.39 is 11.7 Å². The first kappa shape index (κ1) is 25.9. The van der Waals surface area contributed by atoms with E-state index in [1.807, 2.05) is 52.0 Å². The van der Waals surface area contributed by atoms with Gasteiger partial charge in [0, 0.05) is 31.7 Å². The number of carbonyl (C=O) groups excluding carboxylic acids is 1. The molecule has 32 heavy (non-hydrogen) atoms. The highest BCUT2D eigenvalue weighted by Gasteiger charge is 2.17. The molecule has 2 aromatic rings. The lowest BCUT2D eigenvalue weighted by molar-refractivity contribution is 0.0636. The lowest BCUT2D eigenvalue weighted by atomic mass is 10.1. The molecule has 0 aliphatic carbocycles. The Bertz CT molecular complexity index is 904. The van der Waals surface area contributed by atoms with Gasteiger partial charge in [-0.25, -0.2) is 9.79 Å². The second kappa shape index (κ2) is 12.0. The third-order valence-electron chi connectivity index (χ3n) is 4.71. The first-order valence-corrected chi connectivity index (χ1v) is 10.9. The first-order chi connectivity index (χ1) is 14.8. The van der Waals surface area contributed by atoms with Gasteiger partial charge in [0.1, 0.15) is 18.0 Å². The second-order valence-corrected chi connectivity index (χ2v) is 8.48. The van der Waals surface area contributed by atoms with Crippen LogP contribution in [0.15, 0.2) is 29.3 Å². The van der Waals surface area contributed by atoms with Crippen molar-refractivity contribution in [1.29, 1.82) is 0 Å². The molecule has 176 valence electrons. The molecular weight excluding hydrogens is 521 g/mol. The quantitative estimate of drug-likeness (QED) is 0.275. The normalized spacial score (nSPS) is 13.2. The molecule has 0 spiro atoms. The summed E-state index contributed by atoms with van der Waals surface area (Å²) in [7, 11) is 0. The van der Waals surface area contributed by atoms with Crippen molar-refractivity contribution in [3.8, 4) is 0 Å². The van der Waals surface area contributed by atoms with Crippen molar-refractivity contribution in [3.05, 3.63) is 41.5 Å². The molecule has 1 aliphatic heterocycles. The van der Waals surface area contributed by atoms with Gasteiger partial charge < -0.3 is 19.9 Å². The minimum Gasteiger partial charge on any atom is -0.444 e. The zero-order chi connectivity index (χ0) is 22.3. The number of benzene rings is 1. The van der Waals surface area contributed by atoms with Gasteiger partial charge in [0.25, 0.3) is 0 Å². The SMILES string of the molecule is CCNC(=NCc1nnc2n1CCC2)NCCc1ccc(NC(=O)OC(C)(C)C)cc1.I. The van der Waals surface area contributed by atoms with Crippen LogP contribution in [-0.4, -0.2) is 45.5 Å². The monoisotopic (exact) mass is 555 g/mol. The molecule has 0 fully saturated rings. The standard InChI is InChI=1S/C22H33N7O2.HI/c1-5-23-20(25-15-19-28-27-18-7-6-14-29(18)19)24-13-12-16-8-10-17(11-9-16)26-21(30)31-22(2,3)4;/h8-11H,5-7,12-15H2,1-4H3,(H,26,30)(H2,23,24,25);1H. The molecule has 0 radical (unpaired) electrons. The Kier molecular flexibility index (Phi) is 9.73. The van der Waals surface area contributed by atoms with Crippen LogP contribution in [0.2, 0.25) is 0 Å². The zero-order valence-corrected chi connectivity index (χ0v) is 21.6.